The predicted molar refractivity (Wildman–Crippen MR) is 163 cm³/mol. The standard InChI is InChI=1S/C33H41N3O3S/c1-4-6-20-35(21-7-5-2)28(37)23-40-32-34-30-27-13-9-8-12-24(27)22-33(18-10-11-19-33)29(30)31(38)36(32)25-14-16-26(39-3)17-15-25/h8-9,12-17H,4-7,10-11,18-23H2,1-3H3. The summed E-state index contributed by atoms with van der Waals surface area (Å²) in [4.78, 5) is 35.2. The average Bonchev–Trinajstić information content (AvgIpc) is 3.44. The summed E-state index contributed by atoms with van der Waals surface area (Å²) in [6, 6.07) is 16.0. The van der Waals surface area contributed by atoms with Gasteiger partial charge in [-0.2, -0.15) is 0 Å². The molecular formula is C33H41N3O3S. The van der Waals surface area contributed by atoms with Crippen LogP contribution in [0.4, 0.5) is 0 Å². The van der Waals surface area contributed by atoms with Crippen LogP contribution in [-0.2, 0) is 16.6 Å². The quantitative estimate of drug-likeness (QED) is 0.191. The van der Waals surface area contributed by atoms with Crippen LogP contribution >= 0.6 is 11.8 Å². The van der Waals surface area contributed by atoms with E-state index in [9.17, 15) is 9.59 Å². The Morgan fingerprint density at radius 3 is 2.35 bits per heavy atom. The van der Waals surface area contributed by atoms with Crippen molar-refractivity contribution >= 4 is 17.7 Å². The first-order chi connectivity index (χ1) is 19.5. The van der Waals surface area contributed by atoms with Gasteiger partial charge in [0.15, 0.2) is 5.16 Å². The number of amides is 1. The molecule has 0 aliphatic heterocycles. The molecule has 0 bridgehead atoms. The average molecular weight is 560 g/mol. The summed E-state index contributed by atoms with van der Waals surface area (Å²) in [5.41, 5.74) is 4.54. The van der Waals surface area contributed by atoms with Gasteiger partial charge in [0.05, 0.1) is 29.8 Å². The zero-order valence-corrected chi connectivity index (χ0v) is 24.9. The summed E-state index contributed by atoms with van der Waals surface area (Å²) < 4.78 is 7.13. The van der Waals surface area contributed by atoms with Gasteiger partial charge in [0.1, 0.15) is 5.75 Å². The van der Waals surface area contributed by atoms with Gasteiger partial charge < -0.3 is 9.64 Å². The van der Waals surface area contributed by atoms with Crippen molar-refractivity contribution < 1.29 is 9.53 Å². The van der Waals surface area contributed by atoms with Crippen LogP contribution in [0, 0.1) is 0 Å². The number of fused-ring (bicyclic) bond motifs is 4. The highest BCUT2D eigenvalue weighted by atomic mass is 32.2. The smallest absolute Gasteiger partial charge is 0.263 e. The van der Waals surface area contributed by atoms with Gasteiger partial charge in [-0.3, -0.25) is 14.2 Å². The van der Waals surface area contributed by atoms with Crippen LogP contribution in [0.5, 0.6) is 5.75 Å². The highest BCUT2D eigenvalue weighted by Gasteiger charge is 2.44. The summed E-state index contributed by atoms with van der Waals surface area (Å²) in [6.45, 7) is 5.84. The lowest BCUT2D eigenvalue weighted by atomic mass is 9.68. The highest BCUT2D eigenvalue weighted by molar-refractivity contribution is 7.99. The minimum atomic E-state index is -0.182. The second-order valence-corrected chi connectivity index (χ2v) is 12.1. The van der Waals surface area contributed by atoms with E-state index in [-0.39, 0.29) is 22.6 Å². The molecule has 40 heavy (non-hydrogen) atoms. The summed E-state index contributed by atoms with van der Waals surface area (Å²) in [5, 5.41) is 0.568. The molecule has 6 nitrogen and oxygen atoms in total. The fourth-order valence-corrected chi connectivity index (χ4v) is 7.25. The van der Waals surface area contributed by atoms with Crippen molar-refractivity contribution in [3.63, 3.8) is 0 Å². The second kappa shape index (κ2) is 12.6. The third-order valence-electron chi connectivity index (χ3n) is 8.52. The van der Waals surface area contributed by atoms with Gasteiger partial charge in [0.25, 0.3) is 5.56 Å². The van der Waals surface area contributed by atoms with E-state index >= 15 is 0 Å². The number of methoxy groups -OCH3 is 1. The van der Waals surface area contributed by atoms with Crippen molar-refractivity contribution in [1.82, 2.24) is 14.5 Å². The second-order valence-electron chi connectivity index (χ2n) is 11.2. The monoisotopic (exact) mass is 559 g/mol. The molecular weight excluding hydrogens is 518 g/mol. The number of carbonyl (C=O) groups excluding carboxylic acids is 1. The lowest BCUT2D eigenvalue weighted by Crippen LogP contribution is -2.40. The van der Waals surface area contributed by atoms with Gasteiger partial charge in [-0.05, 0) is 61.9 Å². The molecule has 0 saturated heterocycles. The summed E-state index contributed by atoms with van der Waals surface area (Å²) >= 11 is 1.38. The molecule has 1 amide bonds. The van der Waals surface area contributed by atoms with Crippen molar-refractivity contribution in [1.29, 1.82) is 0 Å². The first kappa shape index (κ1) is 28.5. The van der Waals surface area contributed by atoms with Crippen LogP contribution in [0.3, 0.4) is 0 Å². The Hall–Kier alpha value is -3.06. The Morgan fingerprint density at radius 1 is 1.02 bits per heavy atom. The number of aromatic nitrogens is 2. The van der Waals surface area contributed by atoms with E-state index in [1.165, 1.54) is 17.3 Å². The minimum absolute atomic E-state index is 0.00431. The fraction of sp³-hybridized carbons (Fsp3) is 0.485. The van der Waals surface area contributed by atoms with Crippen molar-refractivity contribution in [3.8, 4) is 22.7 Å². The fourth-order valence-electron chi connectivity index (χ4n) is 6.34. The third kappa shape index (κ3) is 5.58. The Balaban J connectivity index is 1.61. The molecule has 1 heterocycles. The summed E-state index contributed by atoms with van der Waals surface area (Å²) in [6.07, 6.45) is 9.22. The van der Waals surface area contributed by atoms with Gasteiger partial charge in [-0.15, -0.1) is 0 Å². The third-order valence-corrected chi connectivity index (χ3v) is 9.44. The van der Waals surface area contributed by atoms with Crippen LogP contribution in [0.2, 0.25) is 0 Å². The molecule has 2 aliphatic rings. The van der Waals surface area contributed by atoms with E-state index < -0.39 is 0 Å². The molecule has 0 radical (unpaired) electrons. The molecule has 5 rings (SSSR count). The van der Waals surface area contributed by atoms with Crippen molar-refractivity contribution in [3.05, 3.63) is 70.0 Å². The van der Waals surface area contributed by atoms with Gasteiger partial charge in [0.2, 0.25) is 5.91 Å². The maximum absolute atomic E-state index is 14.6. The molecule has 1 fully saturated rings. The molecule has 3 aromatic rings. The van der Waals surface area contributed by atoms with Gasteiger partial charge in [-0.25, -0.2) is 4.98 Å². The Kier molecular flexibility index (Phi) is 8.99. The number of rotatable bonds is 11. The van der Waals surface area contributed by atoms with Crippen molar-refractivity contribution in [2.75, 3.05) is 26.0 Å². The largest absolute Gasteiger partial charge is 0.497 e. The lowest BCUT2D eigenvalue weighted by molar-refractivity contribution is -0.128. The topological polar surface area (TPSA) is 64.4 Å². The van der Waals surface area contributed by atoms with E-state index in [1.807, 2.05) is 35.2 Å². The Morgan fingerprint density at radius 2 is 1.70 bits per heavy atom. The number of benzene rings is 2. The molecule has 1 saturated carbocycles. The van der Waals surface area contributed by atoms with E-state index in [0.717, 1.165) is 99.1 Å². The minimum Gasteiger partial charge on any atom is -0.497 e. The van der Waals surface area contributed by atoms with Gasteiger partial charge >= 0.3 is 0 Å². The maximum Gasteiger partial charge on any atom is 0.263 e. The number of unbranched alkanes of at least 4 members (excludes halogenated alkanes) is 2. The maximum atomic E-state index is 14.6. The van der Waals surface area contributed by atoms with E-state index in [4.69, 9.17) is 9.72 Å². The molecule has 1 aromatic heterocycles. The van der Waals surface area contributed by atoms with Crippen molar-refractivity contribution in [2.45, 2.75) is 82.2 Å². The first-order valence-corrected chi connectivity index (χ1v) is 15.8. The molecule has 0 N–H and O–H groups in total. The number of thioether (sulfide) groups is 1. The molecule has 2 aliphatic carbocycles. The molecule has 7 heteroatoms. The normalized spacial score (nSPS) is 15.1. The molecule has 212 valence electrons. The molecule has 2 aromatic carbocycles. The van der Waals surface area contributed by atoms with Crippen molar-refractivity contribution in [2.24, 2.45) is 0 Å². The predicted octanol–water partition coefficient (Wildman–Crippen LogP) is 6.80. The number of hydrogen-bond donors (Lipinski definition) is 0. The molecule has 1 spiro atoms. The molecule has 0 atom stereocenters. The number of carbonyl (C=O) groups is 1. The van der Waals surface area contributed by atoms with E-state index in [0.29, 0.717) is 5.16 Å². The number of hydrogen-bond acceptors (Lipinski definition) is 5. The van der Waals surface area contributed by atoms with E-state index in [1.54, 1.807) is 11.7 Å². The van der Waals surface area contributed by atoms with Gasteiger partial charge in [-0.1, -0.05) is 75.6 Å². The first-order valence-electron chi connectivity index (χ1n) is 14.8. The van der Waals surface area contributed by atoms with Crippen LogP contribution in [0.1, 0.15) is 76.3 Å². The van der Waals surface area contributed by atoms with E-state index in [2.05, 4.69) is 32.0 Å². The van der Waals surface area contributed by atoms with Gasteiger partial charge in [0, 0.05) is 24.1 Å². The SMILES string of the molecule is CCCCN(CCCC)C(=O)CSc1nc2c(c(=O)n1-c1ccc(OC)cc1)C1(CCCC1)Cc1ccccc1-2. The zero-order chi connectivity index (χ0) is 28.1. The lowest BCUT2D eigenvalue weighted by Gasteiger charge is -2.36. The zero-order valence-electron chi connectivity index (χ0n) is 24.1. The molecule has 0 unspecified atom stereocenters. The highest BCUT2D eigenvalue weighted by Crippen LogP contribution is 2.50. The Bertz CT molecular complexity index is 1390. The van der Waals surface area contributed by atoms with Crippen LogP contribution in [0.15, 0.2) is 58.5 Å². The number of nitrogens with zero attached hydrogens (tertiary/aromatic N) is 3. The summed E-state index contributed by atoms with van der Waals surface area (Å²) in [5.74, 6) is 1.09. The Labute approximate surface area is 242 Å². The van der Waals surface area contributed by atoms with Crippen LogP contribution < -0.4 is 10.3 Å². The van der Waals surface area contributed by atoms with Crippen LogP contribution in [-0.4, -0.2) is 46.3 Å². The number of ether oxygens (including phenoxy) is 1. The van der Waals surface area contributed by atoms with Crippen LogP contribution in [0.25, 0.3) is 16.9 Å². The summed E-state index contributed by atoms with van der Waals surface area (Å²) in [7, 11) is 1.64.